The molecular formula is C16H22ClN5OS2. The number of piperazine rings is 1. The van der Waals surface area contributed by atoms with Crippen molar-refractivity contribution in [1.29, 1.82) is 0 Å². The number of hydrogen-bond acceptors (Lipinski definition) is 8. The second-order valence-electron chi connectivity index (χ2n) is 6.09. The fraction of sp³-hybridized carbons (Fsp3) is 0.500. The van der Waals surface area contributed by atoms with Crippen LogP contribution in [-0.4, -0.2) is 66.9 Å². The van der Waals surface area contributed by atoms with E-state index < -0.39 is 0 Å². The Balaban J connectivity index is 1.48. The molecule has 3 N–H and O–H groups in total. The lowest BCUT2D eigenvalue weighted by Crippen LogP contribution is -2.44. The van der Waals surface area contributed by atoms with Gasteiger partial charge in [-0.1, -0.05) is 22.9 Å². The first-order valence-electron chi connectivity index (χ1n) is 8.24. The minimum Gasteiger partial charge on any atom is -0.382 e. The number of anilines is 2. The van der Waals surface area contributed by atoms with Crippen LogP contribution in [0.15, 0.2) is 12.1 Å². The average molecular weight is 400 g/mol. The van der Waals surface area contributed by atoms with Crippen molar-refractivity contribution in [2.24, 2.45) is 0 Å². The van der Waals surface area contributed by atoms with E-state index in [1.807, 2.05) is 0 Å². The molecule has 2 aromatic rings. The Morgan fingerprint density at radius 1 is 1.32 bits per heavy atom. The molecule has 9 heteroatoms. The Labute approximate surface area is 160 Å². The lowest BCUT2D eigenvalue weighted by atomic mass is 10.3. The van der Waals surface area contributed by atoms with Gasteiger partial charge in [0.25, 0.3) is 0 Å². The highest BCUT2D eigenvalue weighted by atomic mass is 35.5. The quantitative estimate of drug-likeness (QED) is 0.550. The zero-order valence-electron chi connectivity index (χ0n) is 14.1. The topological polar surface area (TPSA) is 74.5 Å². The summed E-state index contributed by atoms with van der Waals surface area (Å²) in [5.41, 5.74) is 5.92. The monoisotopic (exact) mass is 399 g/mol. The third-order valence-electron chi connectivity index (χ3n) is 4.18. The summed E-state index contributed by atoms with van der Waals surface area (Å²) in [5, 5.41) is 3.98. The van der Waals surface area contributed by atoms with Crippen LogP contribution in [0.2, 0.25) is 4.34 Å². The van der Waals surface area contributed by atoms with Gasteiger partial charge in [0.1, 0.15) is 10.7 Å². The largest absolute Gasteiger partial charge is 0.382 e. The van der Waals surface area contributed by atoms with Crippen molar-refractivity contribution >= 4 is 51.0 Å². The zero-order valence-corrected chi connectivity index (χ0v) is 16.5. The fourth-order valence-electron chi connectivity index (χ4n) is 2.69. The van der Waals surface area contributed by atoms with Gasteiger partial charge in [-0.15, -0.1) is 11.3 Å². The molecule has 0 atom stereocenters. The normalized spacial score (nSPS) is 16.2. The number of nitrogens with one attached hydrogen (secondary N) is 1. The van der Waals surface area contributed by atoms with Crippen molar-refractivity contribution < 1.29 is 4.79 Å². The fourth-order valence-corrected chi connectivity index (χ4v) is 4.61. The van der Waals surface area contributed by atoms with E-state index in [9.17, 15) is 4.79 Å². The van der Waals surface area contributed by atoms with Crippen LogP contribution >= 0.6 is 34.3 Å². The Bertz CT molecular complexity index is 724. The van der Waals surface area contributed by atoms with Crippen molar-refractivity contribution in [2.45, 2.75) is 6.42 Å². The van der Waals surface area contributed by atoms with Gasteiger partial charge < -0.3 is 20.9 Å². The minimum atomic E-state index is -0.114. The van der Waals surface area contributed by atoms with Crippen molar-refractivity contribution in [3.63, 3.8) is 0 Å². The standard InChI is InChI=1S/C16H22ClN5OS2/c1-21-7-9-22(10-8-21)6-2-5-19-16-20-15(18)14(25-16)13(23)11-3-4-12(17)24-11/h3-4H,2,5-10,18H2,1H3,(H,19,20). The van der Waals surface area contributed by atoms with E-state index in [4.69, 9.17) is 17.3 Å². The number of thiazole rings is 1. The summed E-state index contributed by atoms with van der Waals surface area (Å²) in [4.78, 5) is 22.6. The molecular weight excluding hydrogens is 378 g/mol. The maximum absolute atomic E-state index is 12.5. The molecule has 6 nitrogen and oxygen atoms in total. The van der Waals surface area contributed by atoms with Crippen molar-refractivity contribution in [2.75, 3.05) is 57.4 Å². The molecule has 0 radical (unpaired) electrons. The predicted octanol–water partition coefficient (Wildman–Crippen LogP) is 2.72. The number of nitrogen functional groups attached to an aromatic ring is 1. The van der Waals surface area contributed by atoms with Crippen LogP contribution in [-0.2, 0) is 0 Å². The first-order chi connectivity index (χ1) is 12.0. The number of aromatic nitrogens is 1. The molecule has 3 rings (SSSR count). The number of halogens is 1. The summed E-state index contributed by atoms with van der Waals surface area (Å²) < 4.78 is 0.591. The maximum atomic E-state index is 12.5. The number of likely N-dealkylation sites (N-methyl/N-ethyl adjacent to an activating group) is 1. The van der Waals surface area contributed by atoms with Gasteiger partial charge in [-0.2, -0.15) is 0 Å². The molecule has 0 amide bonds. The van der Waals surface area contributed by atoms with Gasteiger partial charge in [-0.05, 0) is 32.1 Å². The summed E-state index contributed by atoms with van der Waals surface area (Å²) in [6.45, 7) is 6.41. The molecule has 136 valence electrons. The second-order valence-corrected chi connectivity index (χ2v) is 8.81. The maximum Gasteiger partial charge on any atom is 0.216 e. The van der Waals surface area contributed by atoms with Gasteiger partial charge in [0.05, 0.1) is 9.21 Å². The smallest absolute Gasteiger partial charge is 0.216 e. The van der Waals surface area contributed by atoms with Crippen LogP contribution in [0.3, 0.4) is 0 Å². The number of nitrogens with two attached hydrogens (primary N) is 1. The average Bonchev–Trinajstić information content (AvgIpc) is 3.18. The van der Waals surface area contributed by atoms with E-state index in [2.05, 4.69) is 27.1 Å². The van der Waals surface area contributed by atoms with Crippen LogP contribution < -0.4 is 11.1 Å². The molecule has 0 unspecified atom stereocenters. The van der Waals surface area contributed by atoms with Crippen LogP contribution in [0.5, 0.6) is 0 Å². The molecule has 0 spiro atoms. The van der Waals surface area contributed by atoms with Crippen LogP contribution in [0, 0.1) is 0 Å². The number of rotatable bonds is 7. The van der Waals surface area contributed by atoms with E-state index >= 15 is 0 Å². The van der Waals surface area contributed by atoms with E-state index in [0.717, 1.165) is 45.7 Å². The van der Waals surface area contributed by atoms with E-state index in [0.29, 0.717) is 19.2 Å². The summed E-state index contributed by atoms with van der Waals surface area (Å²) in [6, 6.07) is 3.44. The van der Waals surface area contributed by atoms with Crippen LogP contribution in [0.1, 0.15) is 21.0 Å². The molecule has 2 aromatic heterocycles. The van der Waals surface area contributed by atoms with Crippen molar-refractivity contribution in [3.8, 4) is 0 Å². The van der Waals surface area contributed by atoms with Crippen LogP contribution in [0.4, 0.5) is 10.9 Å². The Morgan fingerprint density at radius 2 is 2.08 bits per heavy atom. The molecule has 1 fully saturated rings. The first kappa shape index (κ1) is 18.6. The summed E-state index contributed by atoms with van der Waals surface area (Å²) in [6.07, 6.45) is 1.03. The molecule has 0 bridgehead atoms. The summed E-state index contributed by atoms with van der Waals surface area (Å²) >= 11 is 8.46. The zero-order chi connectivity index (χ0) is 17.8. The third kappa shape index (κ3) is 4.92. The number of carbonyl (C=O) groups is 1. The highest BCUT2D eigenvalue weighted by Crippen LogP contribution is 2.30. The lowest BCUT2D eigenvalue weighted by Gasteiger charge is -2.32. The van der Waals surface area contributed by atoms with Crippen LogP contribution in [0.25, 0.3) is 0 Å². The Hall–Kier alpha value is -1.19. The van der Waals surface area contributed by atoms with Gasteiger partial charge in [0.2, 0.25) is 5.78 Å². The van der Waals surface area contributed by atoms with Gasteiger partial charge >= 0.3 is 0 Å². The van der Waals surface area contributed by atoms with Crippen molar-refractivity contribution in [1.82, 2.24) is 14.8 Å². The highest BCUT2D eigenvalue weighted by molar-refractivity contribution is 7.21. The first-order valence-corrected chi connectivity index (χ1v) is 10.2. The summed E-state index contributed by atoms with van der Waals surface area (Å²) in [5.74, 6) is 0.165. The van der Waals surface area contributed by atoms with Gasteiger partial charge in [0.15, 0.2) is 5.13 Å². The highest BCUT2D eigenvalue weighted by Gasteiger charge is 2.19. The molecule has 1 aliphatic heterocycles. The Kier molecular flexibility index (Phi) is 6.29. The molecule has 3 heterocycles. The molecule has 1 saturated heterocycles. The van der Waals surface area contributed by atoms with E-state index in [1.54, 1.807) is 12.1 Å². The predicted molar refractivity (Wildman–Crippen MR) is 106 cm³/mol. The van der Waals surface area contributed by atoms with Gasteiger partial charge in [-0.25, -0.2) is 4.98 Å². The van der Waals surface area contributed by atoms with Crippen molar-refractivity contribution in [3.05, 3.63) is 26.2 Å². The second kappa shape index (κ2) is 8.46. The minimum absolute atomic E-state index is 0.114. The number of nitrogens with zero attached hydrogens (tertiary/aromatic N) is 3. The SMILES string of the molecule is CN1CCN(CCCNc2nc(N)c(C(=O)c3ccc(Cl)s3)s2)CC1. The number of hydrogen-bond donors (Lipinski definition) is 2. The molecule has 0 aromatic carbocycles. The van der Waals surface area contributed by atoms with E-state index in [-0.39, 0.29) is 11.6 Å². The molecule has 0 aliphatic carbocycles. The van der Waals surface area contributed by atoms with E-state index in [1.165, 1.54) is 22.7 Å². The number of ketones is 1. The van der Waals surface area contributed by atoms with Gasteiger partial charge in [-0.3, -0.25) is 4.79 Å². The lowest BCUT2D eigenvalue weighted by molar-refractivity contribution is 0.104. The number of carbonyl (C=O) groups excluding carboxylic acids is 1. The Morgan fingerprint density at radius 3 is 2.76 bits per heavy atom. The molecule has 1 aliphatic rings. The van der Waals surface area contributed by atoms with Gasteiger partial charge in [0, 0.05) is 32.7 Å². The molecule has 25 heavy (non-hydrogen) atoms. The summed E-state index contributed by atoms with van der Waals surface area (Å²) in [7, 11) is 2.16. The molecule has 0 saturated carbocycles. The number of thiophene rings is 1. The third-order valence-corrected chi connectivity index (χ3v) is 6.44.